The van der Waals surface area contributed by atoms with Crippen LogP contribution in [0.25, 0.3) is 0 Å². The lowest BCUT2D eigenvalue weighted by atomic mass is 9.52. The summed E-state index contributed by atoms with van der Waals surface area (Å²) < 4.78 is 5.99. The Bertz CT molecular complexity index is 389. The van der Waals surface area contributed by atoms with E-state index in [0.29, 0.717) is 10.7 Å². The van der Waals surface area contributed by atoms with Crippen molar-refractivity contribution in [3.05, 3.63) is 10.6 Å². The van der Waals surface area contributed by atoms with E-state index in [1.165, 1.54) is 32.1 Å². The van der Waals surface area contributed by atoms with Gasteiger partial charge in [-0.25, -0.2) is 0 Å². The van der Waals surface area contributed by atoms with Crippen LogP contribution >= 0.6 is 15.9 Å². The molecule has 1 heterocycles. The van der Waals surface area contributed by atoms with E-state index in [1.54, 1.807) is 0 Å². The fraction of sp³-hybridized carbons (Fsp3) is 0.833. The smallest absolute Gasteiger partial charge is 0.238 e. The summed E-state index contributed by atoms with van der Waals surface area (Å²) in [5.41, 5.74) is 0. The maximum Gasteiger partial charge on any atom is 0.238 e. The van der Waals surface area contributed by atoms with Crippen LogP contribution in [-0.4, -0.2) is 10.1 Å². The van der Waals surface area contributed by atoms with E-state index in [2.05, 4.69) is 26.1 Å². The minimum atomic E-state index is 0.562. The third-order valence-electron chi connectivity index (χ3n) is 4.93. The topological polar surface area (TPSA) is 38.9 Å². The van der Waals surface area contributed by atoms with Crippen molar-refractivity contribution in [1.29, 1.82) is 0 Å². The quantitative estimate of drug-likeness (QED) is 0.793. The van der Waals surface area contributed by atoms with Crippen molar-refractivity contribution < 1.29 is 4.52 Å². The molecule has 16 heavy (non-hydrogen) atoms. The van der Waals surface area contributed by atoms with Gasteiger partial charge in [0.15, 0.2) is 0 Å². The zero-order valence-corrected chi connectivity index (χ0v) is 10.7. The largest absolute Gasteiger partial charge is 0.338 e. The van der Waals surface area contributed by atoms with Crippen LogP contribution < -0.4 is 0 Å². The predicted octanol–water partition coefficient (Wildman–Crippen LogP) is 3.37. The molecule has 1 aromatic heterocycles. The molecule has 0 aromatic carbocycles. The Morgan fingerprint density at radius 2 is 1.62 bits per heavy atom. The number of rotatable bonds is 1. The van der Waals surface area contributed by atoms with Crippen LogP contribution in [-0.2, 0) is 0 Å². The molecule has 4 bridgehead atoms. The van der Waals surface area contributed by atoms with E-state index >= 15 is 0 Å². The van der Waals surface area contributed by atoms with Gasteiger partial charge in [-0.15, -0.1) is 0 Å². The van der Waals surface area contributed by atoms with Crippen molar-refractivity contribution >= 4 is 15.9 Å². The highest BCUT2D eigenvalue weighted by Gasteiger charge is 2.50. The first kappa shape index (κ1) is 9.63. The molecule has 0 saturated heterocycles. The molecule has 5 rings (SSSR count). The summed E-state index contributed by atoms with van der Waals surface area (Å²) in [5.74, 6) is 5.11. The summed E-state index contributed by atoms with van der Waals surface area (Å²) >= 11 is 3.28. The van der Waals surface area contributed by atoms with Crippen LogP contribution in [0.5, 0.6) is 0 Å². The van der Waals surface area contributed by atoms with Crippen molar-refractivity contribution in [3.63, 3.8) is 0 Å². The third kappa shape index (κ3) is 1.31. The van der Waals surface area contributed by atoms with Crippen molar-refractivity contribution in [2.75, 3.05) is 0 Å². The Balaban J connectivity index is 1.69. The second-order valence-corrected chi connectivity index (χ2v) is 6.57. The molecule has 4 aliphatic carbocycles. The lowest BCUT2D eigenvalue weighted by Gasteiger charge is -2.53. The average Bonchev–Trinajstić information content (AvgIpc) is 2.63. The molecule has 0 radical (unpaired) electrons. The predicted molar refractivity (Wildman–Crippen MR) is 61.8 cm³/mol. The molecular weight excluding hydrogens is 268 g/mol. The van der Waals surface area contributed by atoms with Crippen molar-refractivity contribution in [2.45, 2.75) is 38.0 Å². The first-order chi connectivity index (χ1) is 7.79. The monoisotopic (exact) mass is 282 g/mol. The maximum absolute atomic E-state index is 5.38. The zero-order chi connectivity index (χ0) is 10.7. The standard InChI is InChI=1S/C12H15BrN2O/c13-12-14-11(16-15-12)10-8-2-6-1-7(4-8)5-9(10)3-6/h6-10H,1-5H2. The first-order valence-electron chi connectivity index (χ1n) is 6.28. The summed E-state index contributed by atoms with van der Waals surface area (Å²) in [7, 11) is 0. The van der Waals surface area contributed by atoms with Gasteiger partial charge in [-0.1, -0.05) is 0 Å². The van der Waals surface area contributed by atoms with Gasteiger partial charge in [-0.3, -0.25) is 0 Å². The average molecular weight is 283 g/mol. The van der Waals surface area contributed by atoms with Gasteiger partial charge in [0.2, 0.25) is 10.6 Å². The van der Waals surface area contributed by atoms with Gasteiger partial charge < -0.3 is 4.52 Å². The zero-order valence-electron chi connectivity index (χ0n) is 9.10. The second-order valence-electron chi connectivity index (χ2n) is 5.86. The fourth-order valence-corrected chi connectivity index (χ4v) is 4.93. The van der Waals surface area contributed by atoms with Gasteiger partial charge in [0.05, 0.1) is 0 Å². The lowest BCUT2D eigenvalue weighted by molar-refractivity contribution is -0.0131. The number of hydrogen-bond acceptors (Lipinski definition) is 3. The number of halogens is 1. The lowest BCUT2D eigenvalue weighted by Crippen LogP contribution is -2.43. The maximum atomic E-state index is 5.38. The molecule has 0 amide bonds. The molecule has 86 valence electrons. The summed E-state index contributed by atoms with van der Waals surface area (Å²) in [6.07, 6.45) is 7.10. The molecule has 4 heteroatoms. The van der Waals surface area contributed by atoms with E-state index < -0.39 is 0 Å². The second kappa shape index (κ2) is 3.31. The van der Waals surface area contributed by atoms with Crippen LogP contribution in [0.1, 0.15) is 43.9 Å². The Morgan fingerprint density at radius 3 is 2.12 bits per heavy atom. The van der Waals surface area contributed by atoms with Crippen molar-refractivity contribution in [3.8, 4) is 0 Å². The van der Waals surface area contributed by atoms with Crippen LogP contribution in [0.3, 0.4) is 0 Å². The molecule has 3 nitrogen and oxygen atoms in total. The molecular formula is C12H15BrN2O. The molecule has 4 aliphatic rings. The van der Waals surface area contributed by atoms with E-state index in [1.807, 2.05) is 0 Å². The Morgan fingerprint density at radius 1 is 1.00 bits per heavy atom. The van der Waals surface area contributed by atoms with E-state index in [4.69, 9.17) is 4.52 Å². The SMILES string of the molecule is Brc1noc(C2C3CC4CC(C3)CC2C4)n1. The highest BCUT2D eigenvalue weighted by atomic mass is 79.9. The Hall–Kier alpha value is -0.380. The number of aromatic nitrogens is 2. The van der Waals surface area contributed by atoms with Gasteiger partial charge in [-0.05, 0) is 76.9 Å². The van der Waals surface area contributed by atoms with Crippen LogP contribution in [0.2, 0.25) is 0 Å². The van der Waals surface area contributed by atoms with Crippen LogP contribution in [0, 0.1) is 23.7 Å². The van der Waals surface area contributed by atoms with Crippen molar-refractivity contribution in [1.82, 2.24) is 10.1 Å². The molecule has 0 unspecified atom stereocenters. The summed E-state index contributed by atoms with van der Waals surface area (Å²) in [6, 6.07) is 0. The highest BCUT2D eigenvalue weighted by Crippen LogP contribution is 2.59. The molecule has 4 fully saturated rings. The molecule has 0 aliphatic heterocycles. The Labute approximate surface area is 103 Å². The normalized spacial score (nSPS) is 45.2. The van der Waals surface area contributed by atoms with E-state index in [9.17, 15) is 0 Å². The van der Waals surface area contributed by atoms with Gasteiger partial charge >= 0.3 is 0 Å². The Kier molecular flexibility index (Phi) is 1.99. The summed E-state index contributed by atoms with van der Waals surface area (Å²) in [5, 5.41) is 3.88. The van der Waals surface area contributed by atoms with Gasteiger partial charge in [0.25, 0.3) is 0 Å². The van der Waals surface area contributed by atoms with Crippen LogP contribution in [0.15, 0.2) is 9.26 Å². The molecule has 0 N–H and O–H groups in total. The summed E-state index contributed by atoms with van der Waals surface area (Å²) in [6.45, 7) is 0. The first-order valence-corrected chi connectivity index (χ1v) is 7.08. The number of nitrogens with zero attached hydrogens (tertiary/aromatic N) is 2. The molecule has 4 saturated carbocycles. The van der Waals surface area contributed by atoms with E-state index in [0.717, 1.165) is 29.6 Å². The fourth-order valence-electron chi connectivity index (χ4n) is 4.68. The molecule has 1 aromatic rings. The highest BCUT2D eigenvalue weighted by molar-refractivity contribution is 9.10. The minimum Gasteiger partial charge on any atom is -0.338 e. The van der Waals surface area contributed by atoms with Crippen LogP contribution in [0.4, 0.5) is 0 Å². The minimum absolute atomic E-state index is 0.562. The molecule has 0 atom stereocenters. The number of hydrogen-bond donors (Lipinski definition) is 0. The van der Waals surface area contributed by atoms with E-state index in [-0.39, 0.29) is 0 Å². The van der Waals surface area contributed by atoms with Gasteiger partial charge in [0, 0.05) is 5.92 Å². The van der Waals surface area contributed by atoms with Gasteiger partial charge in [-0.2, -0.15) is 4.98 Å². The summed E-state index contributed by atoms with van der Waals surface area (Å²) in [4.78, 5) is 4.40. The van der Waals surface area contributed by atoms with Gasteiger partial charge in [0.1, 0.15) is 0 Å². The third-order valence-corrected chi connectivity index (χ3v) is 5.25. The van der Waals surface area contributed by atoms with Crippen molar-refractivity contribution in [2.24, 2.45) is 23.7 Å². The molecule has 0 spiro atoms.